The summed E-state index contributed by atoms with van der Waals surface area (Å²) in [5.74, 6) is -0.771. The first-order valence-corrected chi connectivity index (χ1v) is 11.6. The van der Waals surface area contributed by atoms with Gasteiger partial charge in [-0.1, -0.05) is 0 Å². The molecule has 1 aromatic carbocycles. The minimum absolute atomic E-state index is 0.0625. The maximum Gasteiger partial charge on any atom is 0.274 e. The number of sulfone groups is 1. The molecule has 1 unspecified atom stereocenters. The molecule has 1 saturated carbocycles. The number of anilines is 2. The van der Waals surface area contributed by atoms with Gasteiger partial charge in [-0.25, -0.2) is 8.42 Å². The largest absolute Gasteiger partial charge is 0.369 e. The fraction of sp³-hybridized carbons (Fsp3) is 0.400. The van der Waals surface area contributed by atoms with Crippen LogP contribution < -0.4 is 10.2 Å². The molecule has 4 aliphatic rings. The van der Waals surface area contributed by atoms with Gasteiger partial charge in [0.15, 0.2) is 9.84 Å². The number of carbonyl (C=O) groups excluding carboxylic acids is 2. The van der Waals surface area contributed by atoms with E-state index in [1.165, 1.54) is 11.0 Å². The van der Waals surface area contributed by atoms with Gasteiger partial charge in [0.2, 0.25) is 0 Å². The Bertz CT molecular complexity index is 1210. The van der Waals surface area contributed by atoms with Crippen LogP contribution in [0.3, 0.4) is 0 Å². The van der Waals surface area contributed by atoms with Gasteiger partial charge in [0, 0.05) is 38.3 Å². The number of allylic oxidation sites excluding steroid dienone is 1. The summed E-state index contributed by atoms with van der Waals surface area (Å²) in [5, 5.41) is 11.3. The van der Waals surface area contributed by atoms with Crippen LogP contribution in [0.15, 0.2) is 33.4 Å². The summed E-state index contributed by atoms with van der Waals surface area (Å²) in [5.41, 5.74) is 2.17. The van der Waals surface area contributed by atoms with Crippen molar-refractivity contribution < 1.29 is 18.0 Å². The molecule has 0 radical (unpaired) electrons. The van der Waals surface area contributed by atoms with Crippen molar-refractivity contribution in [1.29, 1.82) is 0 Å². The first kappa shape index (κ1) is 19.0. The zero-order valence-electron chi connectivity index (χ0n) is 16.8. The zero-order valence-corrected chi connectivity index (χ0v) is 17.7. The third-order valence-corrected chi connectivity index (χ3v) is 7.45. The van der Waals surface area contributed by atoms with E-state index in [1.807, 2.05) is 0 Å². The Morgan fingerprint density at radius 3 is 2.57 bits per heavy atom. The number of nitrogens with zero attached hydrogens (tertiary/aromatic N) is 4. The molecule has 0 saturated heterocycles. The molecule has 1 spiro atoms. The van der Waals surface area contributed by atoms with Gasteiger partial charge in [0.25, 0.3) is 11.8 Å². The lowest BCUT2D eigenvalue weighted by Crippen LogP contribution is -2.60. The van der Waals surface area contributed by atoms with E-state index < -0.39 is 21.3 Å². The van der Waals surface area contributed by atoms with Crippen molar-refractivity contribution >= 4 is 50.5 Å². The predicted octanol–water partition coefficient (Wildman–Crippen LogP) is 1.27. The Balaban J connectivity index is 1.77. The molecule has 3 aliphatic heterocycles. The fourth-order valence-corrected chi connectivity index (χ4v) is 5.15. The highest BCUT2D eigenvalue weighted by Crippen LogP contribution is 2.49. The molecule has 2 amide bonds. The number of likely N-dealkylation sites (N-methyl/N-ethyl adjacent to an activating group) is 1. The number of hydrogen-bond donors (Lipinski definition) is 1. The minimum Gasteiger partial charge on any atom is -0.369 e. The van der Waals surface area contributed by atoms with Crippen LogP contribution in [0.25, 0.3) is 5.57 Å². The minimum atomic E-state index is -3.54. The van der Waals surface area contributed by atoms with E-state index in [-0.39, 0.29) is 16.7 Å². The number of rotatable bonds is 2. The van der Waals surface area contributed by atoms with E-state index in [9.17, 15) is 18.0 Å². The summed E-state index contributed by atoms with van der Waals surface area (Å²) in [6, 6.07) is 3.14. The number of amides is 2. The summed E-state index contributed by atoms with van der Waals surface area (Å²) in [4.78, 5) is 28.6. The Kier molecular flexibility index (Phi) is 3.80. The van der Waals surface area contributed by atoms with Gasteiger partial charge in [-0.3, -0.25) is 9.59 Å². The highest BCUT2D eigenvalue weighted by molar-refractivity contribution is 7.90. The number of fused-ring (bicyclic) bond motifs is 2. The molecule has 3 heterocycles. The van der Waals surface area contributed by atoms with Crippen LogP contribution in [0.5, 0.6) is 0 Å². The molecule has 1 fully saturated rings. The normalized spacial score (nSPS) is 24.2. The summed E-state index contributed by atoms with van der Waals surface area (Å²) >= 11 is 0. The molecule has 0 bridgehead atoms. The number of carbonyl (C=O) groups is 2. The fourth-order valence-electron chi connectivity index (χ4n) is 4.49. The van der Waals surface area contributed by atoms with Gasteiger partial charge in [0.1, 0.15) is 11.3 Å². The second-order valence-electron chi connectivity index (χ2n) is 8.29. The van der Waals surface area contributed by atoms with Crippen LogP contribution in [-0.4, -0.2) is 62.9 Å². The van der Waals surface area contributed by atoms with Gasteiger partial charge in [-0.05, 0) is 37.0 Å². The Hall–Kier alpha value is -3.01. The molecular formula is C20H21N5O4S. The quantitative estimate of drug-likeness (QED) is 0.764. The maximum atomic E-state index is 13.0. The lowest BCUT2D eigenvalue weighted by molar-refractivity contribution is -0.125. The number of benzene rings is 1. The van der Waals surface area contributed by atoms with E-state index in [0.717, 1.165) is 25.5 Å². The van der Waals surface area contributed by atoms with Crippen LogP contribution in [0.2, 0.25) is 0 Å². The molecule has 156 valence electrons. The zero-order chi connectivity index (χ0) is 21.4. The van der Waals surface area contributed by atoms with Crippen molar-refractivity contribution in [1.82, 2.24) is 4.90 Å². The van der Waals surface area contributed by atoms with Gasteiger partial charge in [-0.15, -0.1) is 5.10 Å². The summed E-state index contributed by atoms with van der Waals surface area (Å²) in [6.45, 7) is 0. The molecule has 1 aliphatic carbocycles. The third kappa shape index (κ3) is 2.49. The van der Waals surface area contributed by atoms with Crippen molar-refractivity contribution in [2.24, 2.45) is 16.1 Å². The predicted molar refractivity (Wildman–Crippen MR) is 113 cm³/mol. The number of nitrogens with one attached hydrogen (secondary N) is 1. The van der Waals surface area contributed by atoms with Gasteiger partial charge < -0.3 is 15.1 Å². The van der Waals surface area contributed by atoms with E-state index >= 15 is 0 Å². The van der Waals surface area contributed by atoms with E-state index in [2.05, 4.69) is 15.5 Å². The lowest BCUT2D eigenvalue weighted by Gasteiger charge is -2.48. The smallest absolute Gasteiger partial charge is 0.274 e. The van der Waals surface area contributed by atoms with Gasteiger partial charge >= 0.3 is 0 Å². The lowest BCUT2D eigenvalue weighted by atomic mass is 9.73. The average molecular weight is 427 g/mol. The first-order valence-electron chi connectivity index (χ1n) is 9.67. The van der Waals surface area contributed by atoms with Crippen LogP contribution in [0, 0.1) is 5.92 Å². The van der Waals surface area contributed by atoms with E-state index in [4.69, 9.17) is 0 Å². The first-order chi connectivity index (χ1) is 14.1. The molecule has 0 aromatic heterocycles. The van der Waals surface area contributed by atoms with E-state index in [0.29, 0.717) is 28.2 Å². The molecule has 30 heavy (non-hydrogen) atoms. The molecule has 9 nitrogen and oxygen atoms in total. The summed E-state index contributed by atoms with van der Waals surface area (Å²) < 4.78 is 24.8. The molecule has 1 aromatic rings. The van der Waals surface area contributed by atoms with Crippen LogP contribution in [0.1, 0.15) is 24.8 Å². The molecule has 1 N–H and O–H groups in total. The number of hydrogen-bond acceptors (Lipinski definition) is 7. The molecule has 5 rings (SSSR count). The topological polar surface area (TPSA) is 112 Å². The molecule has 10 heteroatoms. The highest BCUT2D eigenvalue weighted by Gasteiger charge is 2.50. The van der Waals surface area contributed by atoms with Crippen LogP contribution in [0.4, 0.5) is 11.4 Å². The summed E-state index contributed by atoms with van der Waals surface area (Å²) in [6.07, 6.45) is 6.80. The second kappa shape index (κ2) is 6.00. The summed E-state index contributed by atoms with van der Waals surface area (Å²) in [7, 11) is -0.241. The maximum absolute atomic E-state index is 13.0. The SMILES string of the molecule is CN1C=C(c2cc(S(C)(=O)=O)cc3c2NC2(CCC2)C(=O)N3C)C2C=NN=C2C1=O. The van der Waals surface area contributed by atoms with Gasteiger partial charge in [0.05, 0.1) is 22.2 Å². The Labute approximate surface area is 174 Å². The average Bonchev–Trinajstić information content (AvgIpc) is 3.15. The second-order valence-corrected chi connectivity index (χ2v) is 10.3. The van der Waals surface area contributed by atoms with Gasteiger partial charge in [-0.2, -0.15) is 5.10 Å². The van der Waals surface area contributed by atoms with E-state index in [1.54, 1.807) is 37.5 Å². The Morgan fingerprint density at radius 2 is 1.93 bits per heavy atom. The Morgan fingerprint density at radius 1 is 1.20 bits per heavy atom. The standard InChI is InChI=1S/C20H21N5O4S/c1-24-10-14(13-9-21-23-17(13)18(24)26)12-7-11(30(3,28)29)8-15-16(12)22-20(5-4-6-20)19(27)25(15)2/h7-10,13,22H,4-6H2,1-3H3. The van der Waals surface area contributed by atoms with Crippen LogP contribution in [-0.2, 0) is 19.4 Å². The third-order valence-electron chi connectivity index (χ3n) is 6.36. The molecule has 1 atom stereocenters. The highest BCUT2D eigenvalue weighted by atomic mass is 32.2. The molecular weight excluding hydrogens is 406 g/mol. The van der Waals surface area contributed by atoms with Crippen molar-refractivity contribution in [2.75, 3.05) is 30.6 Å². The van der Waals surface area contributed by atoms with Crippen LogP contribution >= 0.6 is 0 Å². The van der Waals surface area contributed by atoms with Crippen molar-refractivity contribution in [2.45, 2.75) is 29.7 Å². The van der Waals surface area contributed by atoms with Crippen molar-refractivity contribution in [3.8, 4) is 0 Å². The van der Waals surface area contributed by atoms with Crippen molar-refractivity contribution in [3.05, 3.63) is 23.9 Å². The monoisotopic (exact) mass is 427 g/mol. The van der Waals surface area contributed by atoms with Crippen molar-refractivity contribution in [3.63, 3.8) is 0 Å².